The molecule has 1 saturated heterocycles. The molecule has 1 N–H and O–H groups in total. The molecule has 0 bridgehead atoms. The Morgan fingerprint density at radius 3 is 2.82 bits per heavy atom. The summed E-state index contributed by atoms with van der Waals surface area (Å²) in [6.07, 6.45) is 2.41. The summed E-state index contributed by atoms with van der Waals surface area (Å²) in [5, 5.41) is 3.40. The van der Waals surface area contributed by atoms with E-state index in [9.17, 15) is 0 Å². The van der Waals surface area contributed by atoms with Gasteiger partial charge in [-0.05, 0) is 33.2 Å². The van der Waals surface area contributed by atoms with E-state index >= 15 is 0 Å². The molecule has 0 saturated carbocycles. The monoisotopic (exact) mass is 157 g/mol. The van der Waals surface area contributed by atoms with Crippen molar-refractivity contribution in [3.8, 4) is 0 Å². The summed E-state index contributed by atoms with van der Waals surface area (Å²) >= 11 is 0. The topological polar surface area (TPSA) is 21.3 Å². The van der Waals surface area contributed by atoms with Crippen LogP contribution in [-0.4, -0.2) is 24.8 Å². The summed E-state index contributed by atoms with van der Waals surface area (Å²) in [4.78, 5) is 0. The highest BCUT2D eigenvalue weighted by atomic mass is 16.5. The highest BCUT2D eigenvalue weighted by Gasteiger charge is 2.34. The molecule has 66 valence electrons. The van der Waals surface area contributed by atoms with Crippen molar-refractivity contribution >= 4 is 0 Å². The molecule has 2 unspecified atom stereocenters. The van der Waals surface area contributed by atoms with E-state index in [0.717, 1.165) is 13.2 Å². The Morgan fingerprint density at radius 1 is 1.64 bits per heavy atom. The smallest absolute Gasteiger partial charge is 0.0804 e. The number of hydrogen-bond donors (Lipinski definition) is 1. The maximum Gasteiger partial charge on any atom is 0.0804 e. The van der Waals surface area contributed by atoms with Gasteiger partial charge in [0.15, 0.2) is 0 Å². The first-order valence-electron chi connectivity index (χ1n) is 4.56. The Bertz CT molecular complexity index is 119. The fourth-order valence-corrected chi connectivity index (χ4v) is 1.66. The summed E-state index contributed by atoms with van der Waals surface area (Å²) in [5.41, 5.74) is 0.0933. The first-order chi connectivity index (χ1) is 5.19. The minimum Gasteiger partial charge on any atom is -0.374 e. The second-order valence-electron chi connectivity index (χ2n) is 3.54. The first kappa shape index (κ1) is 9.01. The quantitative estimate of drug-likeness (QED) is 0.671. The molecule has 0 aromatic carbocycles. The summed E-state index contributed by atoms with van der Waals surface area (Å²) in [6, 6.07) is 0.481. The van der Waals surface area contributed by atoms with E-state index in [-0.39, 0.29) is 5.60 Å². The van der Waals surface area contributed by atoms with Crippen molar-refractivity contribution in [2.75, 3.05) is 13.2 Å². The van der Waals surface area contributed by atoms with Crippen molar-refractivity contribution < 1.29 is 4.74 Å². The van der Waals surface area contributed by atoms with Crippen LogP contribution in [-0.2, 0) is 4.74 Å². The van der Waals surface area contributed by atoms with Gasteiger partial charge in [-0.15, -0.1) is 0 Å². The molecule has 0 amide bonds. The van der Waals surface area contributed by atoms with Gasteiger partial charge in [0.2, 0.25) is 0 Å². The Kier molecular flexibility index (Phi) is 2.90. The van der Waals surface area contributed by atoms with Gasteiger partial charge in [-0.2, -0.15) is 0 Å². The lowest BCUT2D eigenvalue weighted by Gasteiger charge is -2.30. The van der Waals surface area contributed by atoms with Gasteiger partial charge in [0.25, 0.3) is 0 Å². The minimum atomic E-state index is 0.0933. The maximum atomic E-state index is 5.69. The van der Waals surface area contributed by atoms with Crippen molar-refractivity contribution in [2.45, 2.75) is 45.3 Å². The molecule has 2 heteroatoms. The van der Waals surface area contributed by atoms with Crippen molar-refractivity contribution in [1.82, 2.24) is 5.32 Å². The van der Waals surface area contributed by atoms with Crippen LogP contribution in [0.25, 0.3) is 0 Å². The van der Waals surface area contributed by atoms with Gasteiger partial charge in [0, 0.05) is 12.6 Å². The van der Waals surface area contributed by atoms with E-state index in [1.165, 1.54) is 12.8 Å². The van der Waals surface area contributed by atoms with E-state index < -0.39 is 0 Å². The van der Waals surface area contributed by atoms with E-state index in [2.05, 4.69) is 26.1 Å². The molecule has 0 aromatic heterocycles. The Hall–Kier alpha value is -0.0800. The summed E-state index contributed by atoms with van der Waals surface area (Å²) < 4.78 is 5.69. The predicted octanol–water partition coefficient (Wildman–Crippen LogP) is 1.55. The summed E-state index contributed by atoms with van der Waals surface area (Å²) in [6.45, 7) is 8.50. The van der Waals surface area contributed by atoms with E-state index in [1.54, 1.807) is 0 Å². The Balaban J connectivity index is 2.42. The average Bonchev–Trinajstić information content (AvgIpc) is 2.38. The first-order valence-corrected chi connectivity index (χ1v) is 4.56. The molecule has 1 aliphatic rings. The predicted molar refractivity (Wildman–Crippen MR) is 46.7 cm³/mol. The Labute approximate surface area is 69.3 Å². The number of ether oxygens (including phenoxy) is 1. The normalized spacial score (nSPS) is 34.1. The van der Waals surface area contributed by atoms with Crippen LogP contribution in [0.2, 0.25) is 0 Å². The van der Waals surface area contributed by atoms with Gasteiger partial charge in [-0.25, -0.2) is 0 Å². The highest BCUT2D eigenvalue weighted by Crippen LogP contribution is 2.28. The van der Waals surface area contributed by atoms with Crippen LogP contribution >= 0.6 is 0 Å². The molecule has 0 spiro atoms. The van der Waals surface area contributed by atoms with E-state index in [1.807, 2.05) is 0 Å². The minimum absolute atomic E-state index is 0.0933. The summed E-state index contributed by atoms with van der Waals surface area (Å²) in [7, 11) is 0. The van der Waals surface area contributed by atoms with E-state index in [4.69, 9.17) is 4.74 Å². The van der Waals surface area contributed by atoms with Crippen molar-refractivity contribution in [3.05, 3.63) is 0 Å². The number of rotatable bonds is 3. The second-order valence-corrected chi connectivity index (χ2v) is 3.54. The number of hydrogen-bond acceptors (Lipinski definition) is 2. The molecule has 2 atom stereocenters. The molecule has 1 fully saturated rings. The van der Waals surface area contributed by atoms with Gasteiger partial charge >= 0.3 is 0 Å². The highest BCUT2D eigenvalue weighted by molar-refractivity contribution is 4.89. The third-order valence-corrected chi connectivity index (χ3v) is 2.68. The van der Waals surface area contributed by atoms with Gasteiger partial charge in [-0.1, -0.05) is 6.92 Å². The van der Waals surface area contributed by atoms with Gasteiger partial charge in [0.1, 0.15) is 0 Å². The third kappa shape index (κ3) is 1.94. The molecule has 1 aliphatic heterocycles. The zero-order valence-electron chi connectivity index (χ0n) is 7.81. The molecular weight excluding hydrogens is 138 g/mol. The van der Waals surface area contributed by atoms with Crippen LogP contribution in [0.5, 0.6) is 0 Å². The largest absolute Gasteiger partial charge is 0.374 e. The molecule has 2 nitrogen and oxygen atoms in total. The van der Waals surface area contributed by atoms with Crippen LogP contribution in [0.1, 0.15) is 33.6 Å². The Morgan fingerprint density at radius 2 is 2.36 bits per heavy atom. The van der Waals surface area contributed by atoms with Crippen LogP contribution < -0.4 is 5.32 Å². The standard InChI is InChI=1S/C9H19NO/c1-4-10-8(2)9(3)6-5-7-11-9/h8,10H,4-7H2,1-3H3. The molecule has 11 heavy (non-hydrogen) atoms. The van der Waals surface area contributed by atoms with Crippen LogP contribution in [0.15, 0.2) is 0 Å². The lowest BCUT2D eigenvalue weighted by molar-refractivity contribution is -0.00601. The second kappa shape index (κ2) is 3.55. The van der Waals surface area contributed by atoms with Gasteiger partial charge in [-0.3, -0.25) is 0 Å². The van der Waals surface area contributed by atoms with Gasteiger partial charge in [0.05, 0.1) is 5.60 Å². The molecule has 0 radical (unpaired) electrons. The maximum absolute atomic E-state index is 5.69. The number of nitrogens with one attached hydrogen (secondary N) is 1. The zero-order valence-corrected chi connectivity index (χ0v) is 7.81. The lowest BCUT2D eigenvalue weighted by atomic mass is 9.94. The molecule has 0 aliphatic carbocycles. The van der Waals surface area contributed by atoms with E-state index in [0.29, 0.717) is 6.04 Å². The summed E-state index contributed by atoms with van der Waals surface area (Å²) in [5.74, 6) is 0. The fraction of sp³-hybridized carbons (Fsp3) is 1.00. The third-order valence-electron chi connectivity index (χ3n) is 2.68. The average molecular weight is 157 g/mol. The van der Waals surface area contributed by atoms with Gasteiger partial charge < -0.3 is 10.1 Å². The molecule has 0 aromatic rings. The van der Waals surface area contributed by atoms with Crippen molar-refractivity contribution in [3.63, 3.8) is 0 Å². The van der Waals surface area contributed by atoms with Crippen LogP contribution in [0.4, 0.5) is 0 Å². The fourth-order valence-electron chi connectivity index (χ4n) is 1.66. The molecular formula is C9H19NO. The SMILES string of the molecule is CCNC(C)C1(C)CCCO1. The van der Waals surface area contributed by atoms with Crippen LogP contribution in [0.3, 0.4) is 0 Å². The molecule has 1 rings (SSSR count). The molecule has 1 heterocycles. The van der Waals surface area contributed by atoms with Crippen molar-refractivity contribution in [2.24, 2.45) is 0 Å². The lowest BCUT2D eigenvalue weighted by Crippen LogP contribution is -2.46. The van der Waals surface area contributed by atoms with Crippen LogP contribution in [0, 0.1) is 0 Å². The number of likely N-dealkylation sites (N-methyl/N-ethyl adjacent to an activating group) is 1. The zero-order chi connectivity index (χ0) is 8.32. The van der Waals surface area contributed by atoms with Crippen molar-refractivity contribution in [1.29, 1.82) is 0 Å².